The Labute approximate surface area is 171 Å². The van der Waals surface area contributed by atoms with Gasteiger partial charge in [-0.2, -0.15) is 0 Å². The Morgan fingerprint density at radius 3 is 2.69 bits per heavy atom. The van der Waals surface area contributed by atoms with Crippen molar-refractivity contribution in [1.29, 1.82) is 0 Å². The van der Waals surface area contributed by atoms with E-state index in [2.05, 4.69) is 9.97 Å². The summed E-state index contributed by atoms with van der Waals surface area (Å²) in [6.45, 7) is 0.547. The highest BCUT2D eigenvalue weighted by Crippen LogP contribution is 2.31. The molecule has 4 rings (SSSR count). The second-order valence-corrected chi connectivity index (χ2v) is 7.34. The van der Waals surface area contributed by atoms with Gasteiger partial charge in [-0.25, -0.2) is 9.37 Å². The molecule has 0 aliphatic carbocycles. The number of ether oxygens (including phenoxy) is 1. The van der Waals surface area contributed by atoms with E-state index in [1.54, 1.807) is 29.4 Å². The number of carbonyl (C=O) groups excluding carboxylic acids is 1. The smallest absolute Gasteiger partial charge is 0.232 e. The van der Waals surface area contributed by atoms with Crippen LogP contribution in [0.5, 0.6) is 5.75 Å². The van der Waals surface area contributed by atoms with Gasteiger partial charge in [0.05, 0.1) is 24.3 Å². The number of thiazole rings is 1. The maximum absolute atomic E-state index is 14.1. The minimum absolute atomic E-state index is 0.149. The van der Waals surface area contributed by atoms with Gasteiger partial charge in [-0.3, -0.25) is 14.7 Å². The predicted octanol–water partition coefficient (Wildman–Crippen LogP) is 4.83. The lowest BCUT2D eigenvalue weighted by Crippen LogP contribution is -2.31. The largest absolute Gasteiger partial charge is 0.493 e. The first-order chi connectivity index (χ1) is 14.2. The van der Waals surface area contributed by atoms with Crippen molar-refractivity contribution in [2.24, 2.45) is 0 Å². The Bertz CT molecular complexity index is 1100. The van der Waals surface area contributed by atoms with Gasteiger partial charge in [0.15, 0.2) is 5.13 Å². The predicted molar refractivity (Wildman–Crippen MR) is 112 cm³/mol. The van der Waals surface area contributed by atoms with Crippen molar-refractivity contribution in [3.8, 4) is 5.75 Å². The van der Waals surface area contributed by atoms with Gasteiger partial charge in [0.25, 0.3) is 0 Å². The second-order valence-electron chi connectivity index (χ2n) is 6.34. The Balaban J connectivity index is 1.55. The zero-order chi connectivity index (χ0) is 20.1. The van der Waals surface area contributed by atoms with Gasteiger partial charge >= 0.3 is 0 Å². The SMILES string of the molecule is O=C(CCOc1ccccc1)N(Cc1cccnc1)c1nc2c(F)cccc2s1. The number of carbonyl (C=O) groups is 1. The summed E-state index contributed by atoms with van der Waals surface area (Å²) in [5.74, 6) is 0.164. The molecule has 0 bridgehead atoms. The highest BCUT2D eigenvalue weighted by molar-refractivity contribution is 7.22. The zero-order valence-corrected chi connectivity index (χ0v) is 16.3. The summed E-state index contributed by atoms with van der Waals surface area (Å²) in [7, 11) is 0. The molecule has 0 fully saturated rings. The van der Waals surface area contributed by atoms with Gasteiger partial charge in [-0.05, 0) is 35.9 Å². The number of nitrogens with zero attached hydrogens (tertiary/aromatic N) is 3. The number of halogens is 1. The first kappa shape index (κ1) is 19.0. The molecule has 1 amide bonds. The lowest BCUT2D eigenvalue weighted by Gasteiger charge is -2.20. The molecule has 0 aliphatic heterocycles. The van der Waals surface area contributed by atoms with Crippen LogP contribution in [0.1, 0.15) is 12.0 Å². The van der Waals surface area contributed by atoms with Crippen LogP contribution < -0.4 is 9.64 Å². The molecule has 0 N–H and O–H groups in total. The standard InChI is InChI=1S/C22H18FN3O2S/c23-18-9-4-10-19-21(18)25-22(29-19)26(15-16-6-5-12-24-14-16)20(27)11-13-28-17-7-2-1-3-8-17/h1-10,12,14H,11,13,15H2. The first-order valence-corrected chi connectivity index (χ1v) is 9.94. The molecule has 0 saturated carbocycles. The fraction of sp³-hybridized carbons (Fsp3) is 0.136. The van der Waals surface area contributed by atoms with Crippen LogP contribution in [0.15, 0.2) is 73.1 Å². The summed E-state index contributed by atoms with van der Waals surface area (Å²) in [6, 6.07) is 17.8. The number of hydrogen-bond donors (Lipinski definition) is 0. The fourth-order valence-electron chi connectivity index (χ4n) is 2.86. The molecule has 0 atom stereocenters. The van der Waals surface area contributed by atoms with E-state index in [4.69, 9.17) is 4.74 Å². The molecule has 0 aliphatic rings. The molecule has 0 spiro atoms. The van der Waals surface area contributed by atoms with E-state index < -0.39 is 5.82 Å². The molecule has 2 heterocycles. The van der Waals surface area contributed by atoms with Gasteiger partial charge in [-0.1, -0.05) is 41.7 Å². The highest BCUT2D eigenvalue weighted by atomic mass is 32.1. The third-order valence-electron chi connectivity index (χ3n) is 4.28. The molecule has 5 nitrogen and oxygen atoms in total. The second kappa shape index (κ2) is 8.79. The Morgan fingerprint density at radius 2 is 1.93 bits per heavy atom. The van der Waals surface area contributed by atoms with Crippen LogP contribution in [0.25, 0.3) is 10.2 Å². The van der Waals surface area contributed by atoms with Gasteiger partial charge in [0.1, 0.15) is 17.1 Å². The van der Waals surface area contributed by atoms with E-state index in [1.807, 2.05) is 42.5 Å². The molecule has 2 aromatic heterocycles. The minimum atomic E-state index is -0.397. The summed E-state index contributed by atoms with van der Waals surface area (Å²) in [5, 5.41) is 0.457. The molecule has 146 valence electrons. The van der Waals surface area contributed by atoms with Crippen LogP contribution in [-0.2, 0) is 11.3 Å². The number of hydrogen-bond acceptors (Lipinski definition) is 5. The molecule has 0 radical (unpaired) electrons. The molecule has 2 aromatic carbocycles. The molecule has 29 heavy (non-hydrogen) atoms. The number of benzene rings is 2. The van der Waals surface area contributed by atoms with Gasteiger partial charge in [-0.15, -0.1) is 0 Å². The molecule has 7 heteroatoms. The number of rotatable bonds is 7. The topological polar surface area (TPSA) is 55.3 Å². The number of pyridine rings is 1. The maximum atomic E-state index is 14.1. The van der Waals surface area contributed by atoms with Crippen molar-refractivity contribution >= 4 is 32.6 Å². The number of para-hydroxylation sites is 2. The lowest BCUT2D eigenvalue weighted by atomic mass is 10.2. The quantitative estimate of drug-likeness (QED) is 0.440. The summed E-state index contributed by atoms with van der Waals surface area (Å²) >= 11 is 1.29. The Kier molecular flexibility index (Phi) is 5.76. The lowest BCUT2D eigenvalue weighted by molar-refractivity contribution is -0.119. The number of amides is 1. The van der Waals surface area contributed by atoms with Crippen molar-refractivity contribution in [3.05, 3.63) is 84.4 Å². The van der Waals surface area contributed by atoms with Crippen molar-refractivity contribution in [1.82, 2.24) is 9.97 Å². The highest BCUT2D eigenvalue weighted by Gasteiger charge is 2.21. The van der Waals surface area contributed by atoms with Gasteiger partial charge in [0, 0.05) is 12.4 Å². The monoisotopic (exact) mass is 407 g/mol. The van der Waals surface area contributed by atoms with E-state index in [1.165, 1.54) is 17.4 Å². The molecule has 0 saturated heterocycles. The van der Waals surface area contributed by atoms with Crippen LogP contribution >= 0.6 is 11.3 Å². The van der Waals surface area contributed by atoms with Crippen LogP contribution in [0.4, 0.5) is 9.52 Å². The van der Waals surface area contributed by atoms with E-state index >= 15 is 0 Å². The third kappa shape index (κ3) is 4.57. The number of aromatic nitrogens is 2. The van der Waals surface area contributed by atoms with Crippen molar-refractivity contribution in [3.63, 3.8) is 0 Å². The first-order valence-electron chi connectivity index (χ1n) is 9.13. The molecule has 4 aromatic rings. The minimum Gasteiger partial charge on any atom is -0.493 e. The van der Waals surface area contributed by atoms with E-state index in [-0.39, 0.29) is 24.5 Å². The summed E-state index contributed by atoms with van der Waals surface area (Å²) in [5.41, 5.74) is 1.14. The summed E-state index contributed by atoms with van der Waals surface area (Å²) in [4.78, 5) is 23.1. The van der Waals surface area contributed by atoms with Crippen molar-refractivity contribution < 1.29 is 13.9 Å². The third-order valence-corrected chi connectivity index (χ3v) is 5.33. The van der Waals surface area contributed by atoms with Crippen LogP contribution in [0, 0.1) is 5.82 Å². The maximum Gasteiger partial charge on any atom is 0.232 e. The van der Waals surface area contributed by atoms with Crippen LogP contribution in [0.2, 0.25) is 0 Å². The molecular weight excluding hydrogens is 389 g/mol. The number of anilines is 1. The van der Waals surface area contributed by atoms with Gasteiger partial charge in [0.2, 0.25) is 5.91 Å². The fourth-order valence-corrected chi connectivity index (χ4v) is 3.86. The average Bonchev–Trinajstić information content (AvgIpc) is 3.19. The zero-order valence-electron chi connectivity index (χ0n) is 15.5. The van der Waals surface area contributed by atoms with Crippen LogP contribution in [0.3, 0.4) is 0 Å². The van der Waals surface area contributed by atoms with Gasteiger partial charge < -0.3 is 4.74 Å². The Hall–Kier alpha value is -3.32. The average molecular weight is 407 g/mol. The van der Waals surface area contributed by atoms with E-state index in [9.17, 15) is 9.18 Å². The van der Waals surface area contributed by atoms with Crippen molar-refractivity contribution in [2.75, 3.05) is 11.5 Å². The molecular formula is C22H18FN3O2S. The van der Waals surface area contributed by atoms with E-state index in [0.717, 1.165) is 5.56 Å². The Morgan fingerprint density at radius 1 is 1.07 bits per heavy atom. The van der Waals surface area contributed by atoms with Crippen LogP contribution in [-0.4, -0.2) is 22.5 Å². The van der Waals surface area contributed by atoms with Crippen molar-refractivity contribution in [2.45, 2.75) is 13.0 Å². The normalized spacial score (nSPS) is 10.8. The molecule has 0 unspecified atom stereocenters. The van der Waals surface area contributed by atoms with E-state index in [0.29, 0.717) is 22.1 Å². The number of fused-ring (bicyclic) bond motifs is 1. The summed E-state index contributed by atoms with van der Waals surface area (Å²) in [6.07, 6.45) is 3.55. The summed E-state index contributed by atoms with van der Waals surface area (Å²) < 4.78 is 20.4.